The zero-order valence-electron chi connectivity index (χ0n) is 12.3. The second kappa shape index (κ2) is 7.07. The number of hydrogen-bond donors (Lipinski definition) is 2. The van der Waals surface area contributed by atoms with Crippen molar-refractivity contribution in [2.75, 3.05) is 26.2 Å². The molecule has 0 aromatic rings. The first-order valence-electron chi connectivity index (χ1n) is 7.79. The minimum atomic E-state index is -0.771. The zero-order valence-corrected chi connectivity index (χ0v) is 12.3. The van der Waals surface area contributed by atoms with Crippen LogP contribution in [0.3, 0.4) is 0 Å². The van der Waals surface area contributed by atoms with E-state index in [2.05, 4.69) is 12.2 Å². The Bertz CT molecular complexity index is 353. The van der Waals surface area contributed by atoms with Gasteiger partial charge in [0.15, 0.2) is 0 Å². The van der Waals surface area contributed by atoms with Crippen molar-refractivity contribution < 1.29 is 14.7 Å². The molecule has 2 N–H and O–H groups in total. The summed E-state index contributed by atoms with van der Waals surface area (Å²) in [6.07, 6.45) is 4.44. The smallest absolute Gasteiger partial charge is 0.308 e. The second-order valence-electron chi connectivity index (χ2n) is 6.30. The number of carboxylic acids is 1. The van der Waals surface area contributed by atoms with E-state index >= 15 is 0 Å². The maximum atomic E-state index is 12.3. The molecule has 2 aliphatic rings. The van der Waals surface area contributed by atoms with Gasteiger partial charge in [-0.25, -0.2) is 0 Å². The third-order valence-electron chi connectivity index (χ3n) is 4.76. The fourth-order valence-corrected chi connectivity index (χ4v) is 3.34. The number of carboxylic acid groups (broad SMARTS) is 1. The summed E-state index contributed by atoms with van der Waals surface area (Å²) in [7, 11) is 0. The molecule has 2 saturated heterocycles. The standard InChI is InChI=1S/C15H26N2O3/c1-11(12-4-2-6-16-9-12)8-14(18)17-7-3-5-13(10-17)15(19)20/h11-13,16H,2-10H2,1H3,(H,19,20)/t11?,12?,13-/m1/s1. The van der Waals surface area contributed by atoms with Crippen LogP contribution in [0.2, 0.25) is 0 Å². The topological polar surface area (TPSA) is 69.6 Å². The summed E-state index contributed by atoms with van der Waals surface area (Å²) in [6.45, 7) is 5.35. The molecule has 1 amide bonds. The highest BCUT2D eigenvalue weighted by atomic mass is 16.4. The quantitative estimate of drug-likeness (QED) is 0.816. The van der Waals surface area contributed by atoms with Crippen molar-refractivity contribution in [3.63, 3.8) is 0 Å². The number of amides is 1. The summed E-state index contributed by atoms with van der Waals surface area (Å²) in [5.74, 6) is -0.0614. The summed E-state index contributed by atoms with van der Waals surface area (Å²) in [5.41, 5.74) is 0. The minimum absolute atomic E-state index is 0.133. The second-order valence-corrected chi connectivity index (χ2v) is 6.30. The minimum Gasteiger partial charge on any atom is -0.481 e. The Hall–Kier alpha value is -1.10. The van der Waals surface area contributed by atoms with Crippen LogP contribution in [0.25, 0.3) is 0 Å². The van der Waals surface area contributed by atoms with Crippen LogP contribution in [0.1, 0.15) is 39.0 Å². The molecule has 0 saturated carbocycles. The van der Waals surface area contributed by atoms with Gasteiger partial charge in [0.1, 0.15) is 0 Å². The Morgan fingerprint density at radius 3 is 2.80 bits per heavy atom. The molecule has 0 radical (unpaired) electrons. The lowest BCUT2D eigenvalue weighted by atomic mass is 9.85. The Kier molecular flexibility index (Phi) is 5.40. The van der Waals surface area contributed by atoms with E-state index in [4.69, 9.17) is 5.11 Å². The number of piperidine rings is 2. The van der Waals surface area contributed by atoms with Crippen LogP contribution < -0.4 is 5.32 Å². The van der Waals surface area contributed by atoms with Crippen molar-refractivity contribution in [1.82, 2.24) is 10.2 Å². The third-order valence-corrected chi connectivity index (χ3v) is 4.76. The molecule has 5 nitrogen and oxygen atoms in total. The Balaban J connectivity index is 1.82. The first kappa shape index (κ1) is 15.3. The molecular formula is C15H26N2O3. The maximum absolute atomic E-state index is 12.3. The van der Waals surface area contributed by atoms with Gasteiger partial charge in [-0.15, -0.1) is 0 Å². The number of nitrogens with zero attached hydrogens (tertiary/aromatic N) is 1. The van der Waals surface area contributed by atoms with Crippen LogP contribution in [0.15, 0.2) is 0 Å². The van der Waals surface area contributed by atoms with Gasteiger partial charge in [-0.3, -0.25) is 9.59 Å². The molecule has 5 heteroatoms. The first-order valence-corrected chi connectivity index (χ1v) is 7.79. The van der Waals surface area contributed by atoms with Crippen molar-refractivity contribution in [3.8, 4) is 0 Å². The van der Waals surface area contributed by atoms with Crippen molar-refractivity contribution in [2.24, 2.45) is 17.8 Å². The molecule has 2 rings (SSSR count). The molecule has 2 fully saturated rings. The molecule has 2 heterocycles. The number of likely N-dealkylation sites (tertiary alicyclic amines) is 1. The van der Waals surface area contributed by atoms with Gasteiger partial charge in [-0.1, -0.05) is 6.92 Å². The molecule has 2 unspecified atom stereocenters. The van der Waals surface area contributed by atoms with Crippen LogP contribution in [0.5, 0.6) is 0 Å². The zero-order chi connectivity index (χ0) is 14.5. The molecule has 20 heavy (non-hydrogen) atoms. The van der Waals surface area contributed by atoms with Crippen molar-refractivity contribution >= 4 is 11.9 Å². The molecule has 0 aromatic heterocycles. The maximum Gasteiger partial charge on any atom is 0.308 e. The van der Waals surface area contributed by atoms with Crippen LogP contribution in [0.4, 0.5) is 0 Å². The van der Waals surface area contributed by atoms with Crippen LogP contribution in [-0.2, 0) is 9.59 Å². The normalized spacial score (nSPS) is 28.9. The van der Waals surface area contributed by atoms with E-state index in [-0.39, 0.29) is 11.8 Å². The third kappa shape index (κ3) is 3.95. The van der Waals surface area contributed by atoms with Crippen LogP contribution in [0, 0.1) is 17.8 Å². The molecule has 2 aliphatic heterocycles. The van der Waals surface area contributed by atoms with E-state index in [1.54, 1.807) is 4.90 Å². The van der Waals surface area contributed by atoms with E-state index in [9.17, 15) is 9.59 Å². The highest BCUT2D eigenvalue weighted by molar-refractivity contribution is 5.78. The summed E-state index contributed by atoms with van der Waals surface area (Å²) >= 11 is 0. The predicted molar refractivity (Wildman–Crippen MR) is 76.3 cm³/mol. The molecule has 0 aromatic carbocycles. The highest BCUT2D eigenvalue weighted by Gasteiger charge is 2.30. The van der Waals surface area contributed by atoms with Gasteiger partial charge >= 0.3 is 5.97 Å². The highest BCUT2D eigenvalue weighted by Crippen LogP contribution is 2.24. The Morgan fingerprint density at radius 1 is 1.35 bits per heavy atom. The average molecular weight is 282 g/mol. The molecular weight excluding hydrogens is 256 g/mol. The van der Waals surface area contributed by atoms with E-state index in [0.717, 1.165) is 26.1 Å². The first-order chi connectivity index (χ1) is 9.58. The summed E-state index contributed by atoms with van der Waals surface area (Å²) in [4.78, 5) is 25.1. The largest absolute Gasteiger partial charge is 0.481 e. The van der Waals surface area contributed by atoms with Gasteiger partial charge in [-0.05, 0) is 50.6 Å². The van der Waals surface area contributed by atoms with Gasteiger partial charge in [0.25, 0.3) is 0 Å². The molecule has 0 spiro atoms. The fraction of sp³-hybridized carbons (Fsp3) is 0.867. The van der Waals surface area contributed by atoms with Crippen molar-refractivity contribution in [3.05, 3.63) is 0 Å². The summed E-state index contributed by atoms with van der Waals surface area (Å²) in [6, 6.07) is 0. The Morgan fingerprint density at radius 2 is 2.15 bits per heavy atom. The number of carbonyl (C=O) groups excluding carboxylic acids is 1. The average Bonchev–Trinajstić information content (AvgIpc) is 2.48. The molecule has 3 atom stereocenters. The van der Waals surface area contributed by atoms with E-state index in [0.29, 0.717) is 31.2 Å². The predicted octanol–water partition coefficient (Wildman–Crippen LogP) is 1.34. The lowest BCUT2D eigenvalue weighted by Gasteiger charge is -2.33. The van der Waals surface area contributed by atoms with Gasteiger partial charge in [0.05, 0.1) is 5.92 Å². The summed E-state index contributed by atoms with van der Waals surface area (Å²) in [5, 5.41) is 12.5. The van der Waals surface area contributed by atoms with Gasteiger partial charge < -0.3 is 15.3 Å². The molecule has 114 valence electrons. The van der Waals surface area contributed by atoms with E-state index < -0.39 is 5.97 Å². The summed E-state index contributed by atoms with van der Waals surface area (Å²) < 4.78 is 0. The van der Waals surface area contributed by atoms with Gasteiger partial charge in [0, 0.05) is 19.5 Å². The lowest BCUT2D eigenvalue weighted by Crippen LogP contribution is -2.43. The lowest BCUT2D eigenvalue weighted by molar-refractivity contribution is -0.146. The Labute approximate surface area is 120 Å². The van der Waals surface area contributed by atoms with Crippen molar-refractivity contribution in [1.29, 1.82) is 0 Å². The van der Waals surface area contributed by atoms with E-state index in [1.165, 1.54) is 12.8 Å². The fourth-order valence-electron chi connectivity index (χ4n) is 3.34. The van der Waals surface area contributed by atoms with E-state index in [1.807, 2.05) is 0 Å². The van der Waals surface area contributed by atoms with Crippen LogP contribution in [-0.4, -0.2) is 48.1 Å². The number of carbonyl (C=O) groups is 2. The SMILES string of the molecule is CC(CC(=O)N1CCC[C@@H](C(=O)O)C1)C1CCCNC1. The molecule has 0 bridgehead atoms. The van der Waals surface area contributed by atoms with Gasteiger partial charge in [-0.2, -0.15) is 0 Å². The number of aliphatic carboxylic acids is 1. The number of rotatable bonds is 4. The van der Waals surface area contributed by atoms with Gasteiger partial charge in [0.2, 0.25) is 5.91 Å². The molecule has 0 aliphatic carbocycles. The monoisotopic (exact) mass is 282 g/mol. The number of hydrogen-bond acceptors (Lipinski definition) is 3. The number of nitrogens with one attached hydrogen (secondary N) is 1. The van der Waals surface area contributed by atoms with Crippen LogP contribution >= 0.6 is 0 Å². The van der Waals surface area contributed by atoms with Crippen molar-refractivity contribution in [2.45, 2.75) is 39.0 Å².